The summed E-state index contributed by atoms with van der Waals surface area (Å²) in [5, 5.41) is 11.1. The van der Waals surface area contributed by atoms with E-state index >= 15 is 0 Å². The molecule has 0 spiro atoms. The lowest BCUT2D eigenvalue weighted by atomic mass is 10.0. The van der Waals surface area contributed by atoms with Gasteiger partial charge in [0.1, 0.15) is 0 Å². The van der Waals surface area contributed by atoms with E-state index < -0.39 is 16.9 Å². The summed E-state index contributed by atoms with van der Waals surface area (Å²) in [5.41, 5.74) is 5.46. The Bertz CT molecular complexity index is 632. The van der Waals surface area contributed by atoms with Crippen LogP contribution < -0.4 is 5.73 Å². The predicted octanol–water partition coefficient (Wildman–Crippen LogP) is 1.20. The zero-order valence-corrected chi connectivity index (χ0v) is 13.5. The summed E-state index contributed by atoms with van der Waals surface area (Å²) in [6, 6.07) is 1.93. The molecule has 1 heterocycles. The number of benzene rings is 1. The van der Waals surface area contributed by atoms with Gasteiger partial charge in [0.25, 0.3) is 5.69 Å². The number of non-ortho nitro benzene ring substituents is 1. The zero-order chi connectivity index (χ0) is 17.1. The van der Waals surface area contributed by atoms with Crippen LogP contribution in [-0.4, -0.2) is 53.2 Å². The van der Waals surface area contributed by atoms with E-state index in [4.69, 9.17) is 28.9 Å². The van der Waals surface area contributed by atoms with Crippen LogP contribution >= 0.6 is 23.2 Å². The topological polar surface area (TPSA) is 110 Å². The van der Waals surface area contributed by atoms with Crippen LogP contribution in [0.5, 0.6) is 0 Å². The van der Waals surface area contributed by atoms with Crippen molar-refractivity contribution in [2.24, 2.45) is 5.73 Å². The van der Waals surface area contributed by atoms with Gasteiger partial charge in [-0.1, -0.05) is 23.2 Å². The molecule has 1 aromatic rings. The molecule has 2 N–H and O–H groups in total. The average molecular weight is 361 g/mol. The molecule has 0 bridgehead atoms. The molecular weight excluding hydrogens is 347 g/mol. The molecule has 1 atom stereocenters. The first-order valence-electron chi connectivity index (χ1n) is 6.68. The van der Waals surface area contributed by atoms with Gasteiger partial charge in [0.15, 0.2) is 0 Å². The monoisotopic (exact) mass is 360 g/mol. The summed E-state index contributed by atoms with van der Waals surface area (Å²) < 4.78 is 0. The average Bonchev–Trinajstić information content (AvgIpc) is 2.47. The van der Waals surface area contributed by atoms with E-state index in [0.29, 0.717) is 25.1 Å². The first-order chi connectivity index (χ1) is 10.8. The first-order valence-corrected chi connectivity index (χ1v) is 7.44. The summed E-state index contributed by atoms with van der Waals surface area (Å²) in [7, 11) is 0. The lowest BCUT2D eigenvalue weighted by Gasteiger charge is -2.40. The molecule has 2 rings (SSSR count). The van der Waals surface area contributed by atoms with Crippen LogP contribution in [0, 0.1) is 10.1 Å². The van der Waals surface area contributed by atoms with Crippen LogP contribution in [0.2, 0.25) is 10.0 Å². The molecule has 1 aliphatic rings. The minimum Gasteiger partial charge on any atom is -0.369 e. The van der Waals surface area contributed by atoms with Crippen LogP contribution in [0.25, 0.3) is 0 Å². The summed E-state index contributed by atoms with van der Waals surface area (Å²) >= 11 is 12.3. The van der Waals surface area contributed by atoms with Crippen molar-refractivity contribution in [2.45, 2.75) is 6.04 Å². The Labute approximate surface area is 141 Å². The minimum atomic E-state index is -0.596. The van der Waals surface area contributed by atoms with Crippen molar-refractivity contribution >= 4 is 41.2 Å². The van der Waals surface area contributed by atoms with Gasteiger partial charge in [0.2, 0.25) is 12.3 Å². The predicted molar refractivity (Wildman–Crippen MR) is 84.3 cm³/mol. The van der Waals surface area contributed by atoms with E-state index in [9.17, 15) is 19.7 Å². The van der Waals surface area contributed by atoms with Crippen LogP contribution in [0.15, 0.2) is 12.1 Å². The molecule has 0 aliphatic carbocycles. The number of nitro benzene ring substituents is 1. The number of nitrogens with two attached hydrogens (primary N) is 1. The summed E-state index contributed by atoms with van der Waals surface area (Å²) in [6.07, 6.45) is 0.696. The van der Waals surface area contributed by atoms with Gasteiger partial charge in [-0.3, -0.25) is 24.6 Å². The van der Waals surface area contributed by atoms with Crippen LogP contribution in [0.4, 0.5) is 5.69 Å². The second kappa shape index (κ2) is 7.12. The Morgan fingerprint density at radius 1 is 1.39 bits per heavy atom. The number of primary amides is 1. The molecule has 124 valence electrons. The fourth-order valence-electron chi connectivity index (χ4n) is 2.60. The van der Waals surface area contributed by atoms with Gasteiger partial charge in [0.05, 0.1) is 27.6 Å². The second-order valence-electron chi connectivity index (χ2n) is 5.13. The van der Waals surface area contributed by atoms with Crippen molar-refractivity contribution in [1.29, 1.82) is 0 Å². The van der Waals surface area contributed by atoms with E-state index in [1.165, 1.54) is 17.0 Å². The number of nitro groups is 1. The Hall–Kier alpha value is -1.90. The number of rotatable bonds is 5. The molecule has 8 nitrogen and oxygen atoms in total. The van der Waals surface area contributed by atoms with Gasteiger partial charge in [-0.25, -0.2) is 0 Å². The van der Waals surface area contributed by atoms with Crippen molar-refractivity contribution < 1.29 is 14.5 Å². The van der Waals surface area contributed by atoms with Crippen molar-refractivity contribution in [2.75, 3.05) is 26.2 Å². The normalized spacial score (nSPS) is 18.7. The number of carbonyl (C=O) groups excluding carboxylic acids is 2. The van der Waals surface area contributed by atoms with Gasteiger partial charge in [-0.05, 0) is 0 Å². The van der Waals surface area contributed by atoms with Gasteiger partial charge < -0.3 is 10.6 Å². The molecule has 1 aliphatic heterocycles. The third-order valence-electron chi connectivity index (χ3n) is 3.64. The minimum absolute atomic E-state index is 0.0268. The lowest BCUT2D eigenvalue weighted by Crippen LogP contribution is -2.50. The maximum Gasteiger partial charge on any atom is 0.272 e. The van der Waals surface area contributed by atoms with Crippen molar-refractivity contribution in [3.63, 3.8) is 0 Å². The highest BCUT2D eigenvalue weighted by Crippen LogP contribution is 2.38. The van der Waals surface area contributed by atoms with Gasteiger partial charge >= 0.3 is 0 Å². The number of hydrogen-bond acceptors (Lipinski definition) is 5. The molecule has 23 heavy (non-hydrogen) atoms. The third kappa shape index (κ3) is 3.90. The maximum absolute atomic E-state index is 11.3. The number of amides is 2. The number of piperazine rings is 1. The fourth-order valence-corrected chi connectivity index (χ4v) is 3.32. The molecule has 1 aromatic carbocycles. The standard InChI is InChI=1S/C13H14Cl2N4O4/c14-9-3-8(19(22)23)4-10(15)13(9)11-5-17(7-20)1-2-18(11)6-12(16)21/h3-4,7,11H,1-2,5-6H2,(H2,16,21). The molecule has 1 saturated heterocycles. The molecule has 2 amide bonds. The van der Waals surface area contributed by atoms with E-state index in [0.717, 1.165) is 0 Å². The number of halogens is 2. The number of carbonyl (C=O) groups is 2. The highest BCUT2D eigenvalue weighted by molar-refractivity contribution is 6.36. The second-order valence-corrected chi connectivity index (χ2v) is 5.95. The highest BCUT2D eigenvalue weighted by atomic mass is 35.5. The van der Waals surface area contributed by atoms with E-state index in [2.05, 4.69) is 0 Å². The molecule has 0 saturated carbocycles. The lowest BCUT2D eigenvalue weighted by molar-refractivity contribution is -0.384. The first kappa shape index (κ1) is 17.5. The van der Waals surface area contributed by atoms with Crippen LogP contribution in [-0.2, 0) is 9.59 Å². The van der Waals surface area contributed by atoms with Crippen LogP contribution in [0.1, 0.15) is 11.6 Å². The quantitative estimate of drug-likeness (QED) is 0.481. The van der Waals surface area contributed by atoms with Crippen LogP contribution in [0.3, 0.4) is 0 Å². The Kier molecular flexibility index (Phi) is 5.40. The van der Waals surface area contributed by atoms with E-state index in [1.54, 1.807) is 4.90 Å². The van der Waals surface area contributed by atoms with Gasteiger partial charge in [-0.2, -0.15) is 0 Å². The Morgan fingerprint density at radius 2 is 2.00 bits per heavy atom. The molecule has 10 heteroatoms. The number of hydrogen-bond donors (Lipinski definition) is 1. The largest absolute Gasteiger partial charge is 0.369 e. The summed E-state index contributed by atoms with van der Waals surface area (Å²) in [5.74, 6) is -0.524. The van der Waals surface area contributed by atoms with Crippen molar-refractivity contribution in [3.8, 4) is 0 Å². The molecule has 1 unspecified atom stereocenters. The Balaban J connectivity index is 2.43. The molecule has 0 radical (unpaired) electrons. The van der Waals surface area contributed by atoms with Gasteiger partial charge in [0, 0.05) is 37.3 Å². The maximum atomic E-state index is 11.3. The smallest absolute Gasteiger partial charge is 0.272 e. The molecule has 0 aromatic heterocycles. The van der Waals surface area contributed by atoms with Gasteiger partial charge in [-0.15, -0.1) is 0 Å². The SMILES string of the molecule is NC(=O)CN1CCN(C=O)CC1c1c(Cl)cc([N+](=O)[O-])cc1Cl. The highest BCUT2D eigenvalue weighted by Gasteiger charge is 2.32. The zero-order valence-electron chi connectivity index (χ0n) is 11.9. The summed E-state index contributed by atoms with van der Waals surface area (Å²) in [6.45, 7) is 1.08. The number of nitrogens with zero attached hydrogens (tertiary/aromatic N) is 3. The molecule has 1 fully saturated rings. The summed E-state index contributed by atoms with van der Waals surface area (Å²) in [4.78, 5) is 35.8. The Morgan fingerprint density at radius 3 is 2.48 bits per heavy atom. The molecular formula is C13H14Cl2N4O4. The van der Waals surface area contributed by atoms with Crippen molar-refractivity contribution in [3.05, 3.63) is 37.9 Å². The fraction of sp³-hybridized carbons (Fsp3) is 0.385. The third-order valence-corrected chi connectivity index (χ3v) is 4.26. The van der Waals surface area contributed by atoms with Crippen molar-refractivity contribution in [1.82, 2.24) is 9.80 Å². The van der Waals surface area contributed by atoms with E-state index in [1.807, 2.05) is 0 Å². The van der Waals surface area contributed by atoms with E-state index in [-0.39, 0.29) is 28.8 Å².